The van der Waals surface area contributed by atoms with Crippen LogP contribution >= 0.6 is 22.7 Å². The van der Waals surface area contributed by atoms with Crippen molar-refractivity contribution >= 4 is 40.2 Å². The highest BCUT2D eigenvalue weighted by Gasteiger charge is 2.31. The predicted octanol–water partition coefficient (Wildman–Crippen LogP) is 4.70. The minimum absolute atomic E-state index is 0.328. The summed E-state index contributed by atoms with van der Waals surface area (Å²) >= 11 is 2.75. The van der Waals surface area contributed by atoms with E-state index in [-0.39, 0.29) is 5.91 Å². The SMILES string of the molecule is Cc1nc(-c2cccs2)sc1C(=O)OCC(=O)N1CCN(c2cccc(C(F)(F)F)c2)CC1. The monoisotopic (exact) mass is 495 g/mol. The number of hydrogen-bond donors (Lipinski definition) is 0. The number of hydrogen-bond acceptors (Lipinski definition) is 7. The van der Waals surface area contributed by atoms with E-state index in [4.69, 9.17) is 4.74 Å². The maximum Gasteiger partial charge on any atom is 0.416 e. The number of thiophene rings is 1. The Morgan fingerprint density at radius 1 is 1.12 bits per heavy atom. The summed E-state index contributed by atoms with van der Waals surface area (Å²) in [6.45, 7) is 2.76. The van der Waals surface area contributed by atoms with Crippen molar-refractivity contribution in [3.63, 3.8) is 0 Å². The Morgan fingerprint density at radius 2 is 1.88 bits per heavy atom. The maximum absolute atomic E-state index is 13.0. The van der Waals surface area contributed by atoms with Gasteiger partial charge in [-0.1, -0.05) is 12.1 Å². The number of piperazine rings is 1. The number of alkyl halides is 3. The van der Waals surface area contributed by atoms with E-state index in [0.29, 0.717) is 42.4 Å². The number of thiazole rings is 1. The van der Waals surface area contributed by atoms with Gasteiger partial charge in [0.15, 0.2) is 6.61 Å². The van der Waals surface area contributed by atoms with Crippen LogP contribution in [0.2, 0.25) is 0 Å². The molecule has 0 spiro atoms. The molecule has 3 aromatic rings. The first-order valence-corrected chi connectivity index (χ1v) is 11.8. The van der Waals surface area contributed by atoms with Crippen molar-refractivity contribution in [2.75, 3.05) is 37.7 Å². The Hall–Kier alpha value is -2.92. The van der Waals surface area contributed by atoms with Gasteiger partial charge in [-0.15, -0.1) is 22.7 Å². The van der Waals surface area contributed by atoms with E-state index >= 15 is 0 Å². The second-order valence-electron chi connectivity index (χ2n) is 7.40. The summed E-state index contributed by atoms with van der Waals surface area (Å²) < 4.78 is 44.1. The number of carbonyl (C=O) groups excluding carboxylic acids is 2. The Balaban J connectivity index is 1.30. The van der Waals surface area contributed by atoms with Crippen LogP contribution in [0.15, 0.2) is 41.8 Å². The first-order chi connectivity index (χ1) is 15.7. The standard InChI is InChI=1S/C22H20F3N3O3S2/c1-14-19(33-20(26-14)17-6-3-11-32-17)21(30)31-13-18(29)28-9-7-27(8-10-28)16-5-2-4-15(12-16)22(23,24)25/h2-6,11-12H,7-10,13H2,1H3. The molecule has 1 aromatic carbocycles. The third-order valence-corrected chi connectivity index (χ3v) is 7.39. The van der Waals surface area contributed by atoms with E-state index in [9.17, 15) is 22.8 Å². The molecule has 0 unspecified atom stereocenters. The third-order valence-electron chi connectivity index (χ3n) is 5.21. The van der Waals surface area contributed by atoms with Crippen molar-refractivity contribution in [3.05, 3.63) is 57.9 Å². The molecule has 2 aromatic heterocycles. The Kier molecular flexibility index (Phi) is 6.71. The molecule has 1 amide bonds. The molecule has 0 atom stereocenters. The van der Waals surface area contributed by atoms with E-state index in [1.54, 1.807) is 22.8 Å². The molecule has 0 N–H and O–H groups in total. The van der Waals surface area contributed by atoms with Crippen molar-refractivity contribution in [2.45, 2.75) is 13.1 Å². The van der Waals surface area contributed by atoms with E-state index in [0.717, 1.165) is 22.0 Å². The number of halogens is 3. The summed E-state index contributed by atoms with van der Waals surface area (Å²) in [4.78, 5) is 34.1. The van der Waals surface area contributed by atoms with E-state index in [1.807, 2.05) is 17.5 Å². The summed E-state index contributed by atoms with van der Waals surface area (Å²) in [5.41, 5.74) is 0.312. The molecule has 1 aliphatic heterocycles. The van der Waals surface area contributed by atoms with Gasteiger partial charge < -0.3 is 14.5 Å². The highest BCUT2D eigenvalue weighted by molar-refractivity contribution is 7.22. The molecular formula is C22H20F3N3O3S2. The molecule has 33 heavy (non-hydrogen) atoms. The van der Waals surface area contributed by atoms with Crippen LogP contribution in [0.1, 0.15) is 20.9 Å². The van der Waals surface area contributed by atoms with Crippen LogP contribution in [0.4, 0.5) is 18.9 Å². The van der Waals surface area contributed by atoms with Gasteiger partial charge in [-0.2, -0.15) is 13.2 Å². The van der Waals surface area contributed by atoms with Gasteiger partial charge in [0.2, 0.25) is 0 Å². The normalized spacial score (nSPS) is 14.4. The van der Waals surface area contributed by atoms with Crippen LogP contribution in [-0.4, -0.2) is 54.5 Å². The fourth-order valence-electron chi connectivity index (χ4n) is 3.47. The molecule has 0 bridgehead atoms. The Bertz CT molecular complexity index is 1140. The summed E-state index contributed by atoms with van der Waals surface area (Å²) in [6, 6.07) is 8.96. The lowest BCUT2D eigenvalue weighted by atomic mass is 10.1. The number of aryl methyl sites for hydroxylation is 1. The second-order valence-corrected chi connectivity index (χ2v) is 9.35. The number of rotatable bonds is 5. The smallest absolute Gasteiger partial charge is 0.416 e. The van der Waals surface area contributed by atoms with Crippen molar-refractivity contribution in [1.82, 2.24) is 9.88 Å². The van der Waals surface area contributed by atoms with Crippen molar-refractivity contribution in [1.29, 1.82) is 0 Å². The molecule has 1 aliphatic rings. The second kappa shape index (κ2) is 9.52. The quantitative estimate of drug-likeness (QED) is 0.480. The molecule has 4 rings (SSSR count). The van der Waals surface area contributed by atoms with Crippen LogP contribution in [0.3, 0.4) is 0 Å². The Morgan fingerprint density at radius 3 is 2.55 bits per heavy atom. The number of nitrogens with zero attached hydrogens (tertiary/aromatic N) is 3. The fourth-order valence-corrected chi connectivity index (χ4v) is 5.23. The van der Waals surface area contributed by atoms with Crippen molar-refractivity contribution < 1.29 is 27.5 Å². The highest BCUT2D eigenvalue weighted by Crippen LogP contribution is 2.32. The van der Waals surface area contributed by atoms with Gasteiger partial charge in [-0.3, -0.25) is 4.79 Å². The largest absolute Gasteiger partial charge is 0.451 e. The zero-order chi connectivity index (χ0) is 23.6. The number of amides is 1. The van der Waals surface area contributed by atoms with Crippen molar-refractivity contribution in [3.8, 4) is 9.88 Å². The van der Waals surface area contributed by atoms with Crippen LogP contribution in [0.25, 0.3) is 9.88 Å². The highest BCUT2D eigenvalue weighted by atomic mass is 32.1. The maximum atomic E-state index is 13.0. The molecule has 0 saturated carbocycles. The zero-order valence-electron chi connectivity index (χ0n) is 17.6. The van der Waals surface area contributed by atoms with Gasteiger partial charge in [-0.05, 0) is 36.6 Å². The van der Waals surface area contributed by atoms with Gasteiger partial charge >= 0.3 is 12.1 Å². The lowest BCUT2D eigenvalue weighted by Crippen LogP contribution is -2.50. The molecule has 174 valence electrons. The first kappa shape index (κ1) is 23.2. The minimum Gasteiger partial charge on any atom is -0.451 e. The molecule has 11 heteroatoms. The summed E-state index contributed by atoms with van der Waals surface area (Å²) in [5.74, 6) is -0.934. The molecule has 1 fully saturated rings. The lowest BCUT2D eigenvalue weighted by molar-refractivity contribution is -0.137. The van der Waals surface area contributed by atoms with E-state index in [2.05, 4.69) is 4.98 Å². The predicted molar refractivity (Wildman–Crippen MR) is 121 cm³/mol. The number of esters is 1. The average molecular weight is 496 g/mol. The number of carbonyl (C=O) groups is 2. The summed E-state index contributed by atoms with van der Waals surface area (Å²) in [6.07, 6.45) is -4.40. The Labute approximate surface area is 196 Å². The number of benzene rings is 1. The van der Waals surface area contributed by atoms with Crippen LogP contribution < -0.4 is 4.90 Å². The van der Waals surface area contributed by atoms with Gasteiger partial charge in [-0.25, -0.2) is 9.78 Å². The number of ether oxygens (including phenoxy) is 1. The minimum atomic E-state index is -4.40. The van der Waals surface area contributed by atoms with Gasteiger partial charge in [0, 0.05) is 31.9 Å². The third kappa shape index (κ3) is 5.36. The average Bonchev–Trinajstić information content (AvgIpc) is 3.47. The zero-order valence-corrected chi connectivity index (χ0v) is 19.2. The number of aromatic nitrogens is 1. The van der Waals surface area contributed by atoms with Gasteiger partial charge in [0.1, 0.15) is 9.88 Å². The summed E-state index contributed by atoms with van der Waals surface area (Å²) in [5, 5.41) is 2.65. The topological polar surface area (TPSA) is 62.7 Å². The van der Waals surface area contributed by atoms with Crippen LogP contribution in [-0.2, 0) is 15.7 Å². The number of anilines is 1. The van der Waals surface area contributed by atoms with Gasteiger partial charge in [0.25, 0.3) is 5.91 Å². The lowest BCUT2D eigenvalue weighted by Gasteiger charge is -2.36. The van der Waals surface area contributed by atoms with Crippen LogP contribution in [0, 0.1) is 6.92 Å². The molecule has 6 nitrogen and oxygen atoms in total. The van der Waals surface area contributed by atoms with Crippen LogP contribution in [0.5, 0.6) is 0 Å². The molecule has 0 radical (unpaired) electrons. The van der Waals surface area contributed by atoms with E-state index in [1.165, 1.54) is 28.7 Å². The molecule has 3 heterocycles. The molecular weight excluding hydrogens is 475 g/mol. The van der Waals surface area contributed by atoms with Crippen molar-refractivity contribution in [2.24, 2.45) is 0 Å². The fraction of sp³-hybridized carbons (Fsp3) is 0.318. The summed E-state index contributed by atoms with van der Waals surface area (Å²) in [7, 11) is 0. The first-order valence-electron chi connectivity index (χ1n) is 10.1. The molecule has 1 saturated heterocycles. The van der Waals surface area contributed by atoms with E-state index < -0.39 is 24.3 Å². The van der Waals surface area contributed by atoms with Gasteiger partial charge in [0.05, 0.1) is 16.1 Å². The molecule has 0 aliphatic carbocycles.